The van der Waals surface area contributed by atoms with E-state index in [-0.39, 0.29) is 29.2 Å². The van der Waals surface area contributed by atoms with Crippen molar-refractivity contribution in [3.8, 4) is 0 Å². The molecule has 3 heterocycles. The van der Waals surface area contributed by atoms with Crippen molar-refractivity contribution in [2.45, 2.75) is 19.3 Å². The molecule has 2 saturated heterocycles. The van der Waals surface area contributed by atoms with Crippen LogP contribution < -0.4 is 0 Å². The standard InChI is InChI=1S/C16H22N2O5S/c19-15(4-3-13-5-11-24(21,22)12-13)17-6-8-18(9-7-17)16(20)14-2-1-10-23-14/h1-2,10,13H,3-9,11-12H2. The van der Waals surface area contributed by atoms with E-state index in [1.165, 1.54) is 6.26 Å². The van der Waals surface area contributed by atoms with Crippen LogP contribution >= 0.6 is 0 Å². The number of rotatable bonds is 4. The molecule has 1 aromatic heterocycles. The number of amides is 2. The molecule has 2 fully saturated rings. The molecule has 0 N–H and O–H groups in total. The fourth-order valence-corrected chi connectivity index (χ4v) is 5.21. The van der Waals surface area contributed by atoms with Gasteiger partial charge in [0.2, 0.25) is 5.91 Å². The summed E-state index contributed by atoms with van der Waals surface area (Å²) in [7, 11) is -2.88. The summed E-state index contributed by atoms with van der Waals surface area (Å²) in [5.74, 6) is 0.788. The lowest BCUT2D eigenvalue weighted by atomic mass is 10.0. The third kappa shape index (κ3) is 3.98. The molecule has 0 spiro atoms. The summed E-state index contributed by atoms with van der Waals surface area (Å²) in [6.45, 7) is 1.99. The van der Waals surface area contributed by atoms with E-state index in [0.29, 0.717) is 51.2 Å². The van der Waals surface area contributed by atoms with Gasteiger partial charge in [0, 0.05) is 32.6 Å². The number of hydrogen-bond donors (Lipinski definition) is 0. The summed E-state index contributed by atoms with van der Waals surface area (Å²) in [6.07, 6.45) is 3.15. The molecule has 2 amide bonds. The van der Waals surface area contributed by atoms with Crippen LogP contribution in [0.25, 0.3) is 0 Å². The highest BCUT2D eigenvalue weighted by Gasteiger charge is 2.30. The Morgan fingerprint density at radius 2 is 1.88 bits per heavy atom. The Balaban J connectivity index is 1.43. The minimum atomic E-state index is -2.88. The lowest BCUT2D eigenvalue weighted by Crippen LogP contribution is -2.50. The number of nitrogens with zero attached hydrogens (tertiary/aromatic N) is 2. The normalized spacial score (nSPS) is 23.4. The lowest BCUT2D eigenvalue weighted by molar-refractivity contribution is -0.132. The first-order chi connectivity index (χ1) is 11.4. The van der Waals surface area contributed by atoms with E-state index in [0.717, 1.165) is 0 Å². The first-order valence-corrected chi connectivity index (χ1v) is 10.1. The third-order valence-corrected chi connectivity index (χ3v) is 6.58. The summed E-state index contributed by atoms with van der Waals surface area (Å²) >= 11 is 0. The van der Waals surface area contributed by atoms with Crippen LogP contribution in [-0.4, -0.2) is 67.7 Å². The molecule has 1 aromatic rings. The predicted octanol–water partition coefficient (Wildman–Crippen LogP) is 0.779. The lowest BCUT2D eigenvalue weighted by Gasteiger charge is -2.34. The Morgan fingerprint density at radius 1 is 1.17 bits per heavy atom. The molecule has 0 aromatic carbocycles. The van der Waals surface area contributed by atoms with E-state index in [4.69, 9.17) is 4.42 Å². The van der Waals surface area contributed by atoms with Crippen LogP contribution in [-0.2, 0) is 14.6 Å². The van der Waals surface area contributed by atoms with Crippen molar-refractivity contribution in [2.75, 3.05) is 37.7 Å². The molecule has 2 aliphatic heterocycles. The van der Waals surface area contributed by atoms with Crippen LogP contribution in [0.15, 0.2) is 22.8 Å². The topological polar surface area (TPSA) is 87.9 Å². The third-order valence-electron chi connectivity index (χ3n) is 4.74. The highest BCUT2D eigenvalue weighted by molar-refractivity contribution is 7.91. The van der Waals surface area contributed by atoms with E-state index in [9.17, 15) is 18.0 Å². The van der Waals surface area contributed by atoms with Crippen molar-refractivity contribution in [1.82, 2.24) is 9.80 Å². The zero-order chi connectivity index (χ0) is 17.2. The van der Waals surface area contributed by atoms with Gasteiger partial charge < -0.3 is 14.2 Å². The van der Waals surface area contributed by atoms with Crippen molar-refractivity contribution in [3.63, 3.8) is 0 Å². The molecular weight excluding hydrogens is 332 g/mol. The second-order valence-corrected chi connectivity index (χ2v) is 8.69. The maximum atomic E-state index is 12.3. The van der Waals surface area contributed by atoms with E-state index < -0.39 is 9.84 Å². The van der Waals surface area contributed by atoms with Crippen LogP contribution in [0.4, 0.5) is 0 Å². The van der Waals surface area contributed by atoms with Crippen molar-refractivity contribution in [2.24, 2.45) is 5.92 Å². The van der Waals surface area contributed by atoms with Crippen molar-refractivity contribution in [3.05, 3.63) is 24.2 Å². The number of furan rings is 1. The van der Waals surface area contributed by atoms with E-state index in [2.05, 4.69) is 0 Å². The summed E-state index contributed by atoms with van der Waals surface area (Å²) in [4.78, 5) is 27.9. The Kier molecular flexibility index (Phi) is 4.93. The van der Waals surface area contributed by atoms with Gasteiger partial charge in [0.15, 0.2) is 15.6 Å². The summed E-state index contributed by atoms with van der Waals surface area (Å²) in [5, 5.41) is 0. The summed E-state index contributed by atoms with van der Waals surface area (Å²) in [5.41, 5.74) is 0. The molecule has 2 aliphatic rings. The Hall–Kier alpha value is -1.83. The fourth-order valence-electron chi connectivity index (χ4n) is 3.30. The highest BCUT2D eigenvalue weighted by Crippen LogP contribution is 2.23. The van der Waals surface area contributed by atoms with Crippen LogP contribution in [0, 0.1) is 5.92 Å². The molecule has 0 aliphatic carbocycles. The van der Waals surface area contributed by atoms with Gasteiger partial charge in [-0.05, 0) is 30.9 Å². The average molecular weight is 354 g/mol. The molecule has 7 nitrogen and oxygen atoms in total. The van der Waals surface area contributed by atoms with E-state index >= 15 is 0 Å². The minimum Gasteiger partial charge on any atom is -0.459 e. The second kappa shape index (κ2) is 6.96. The number of piperazine rings is 1. The van der Waals surface area contributed by atoms with Crippen LogP contribution in [0.5, 0.6) is 0 Å². The molecule has 132 valence electrons. The molecule has 24 heavy (non-hydrogen) atoms. The maximum Gasteiger partial charge on any atom is 0.289 e. The van der Waals surface area contributed by atoms with Gasteiger partial charge in [0.05, 0.1) is 17.8 Å². The quantitative estimate of drug-likeness (QED) is 0.797. The predicted molar refractivity (Wildman–Crippen MR) is 87.2 cm³/mol. The SMILES string of the molecule is O=C(CCC1CCS(=O)(=O)C1)N1CCN(C(=O)c2ccco2)CC1. The molecule has 1 atom stereocenters. The average Bonchev–Trinajstić information content (AvgIpc) is 3.21. The molecular formula is C16H22N2O5S. The van der Waals surface area contributed by atoms with E-state index in [1.807, 2.05) is 0 Å². The molecule has 0 bridgehead atoms. The Morgan fingerprint density at radius 3 is 2.46 bits per heavy atom. The summed E-state index contributed by atoms with van der Waals surface area (Å²) < 4.78 is 28.0. The smallest absolute Gasteiger partial charge is 0.289 e. The van der Waals surface area contributed by atoms with Crippen molar-refractivity contribution >= 4 is 21.7 Å². The van der Waals surface area contributed by atoms with Crippen LogP contribution in [0.3, 0.4) is 0 Å². The van der Waals surface area contributed by atoms with Crippen molar-refractivity contribution in [1.29, 1.82) is 0 Å². The number of hydrogen-bond acceptors (Lipinski definition) is 5. The monoisotopic (exact) mass is 354 g/mol. The summed E-state index contributed by atoms with van der Waals surface area (Å²) in [6, 6.07) is 3.31. The van der Waals surface area contributed by atoms with Crippen LogP contribution in [0.2, 0.25) is 0 Å². The van der Waals surface area contributed by atoms with Gasteiger partial charge in [0.25, 0.3) is 5.91 Å². The van der Waals surface area contributed by atoms with Gasteiger partial charge in [0.1, 0.15) is 0 Å². The van der Waals surface area contributed by atoms with Gasteiger partial charge in [-0.1, -0.05) is 0 Å². The van der Waals surface area contributed by atoms with Crippen LogP contribution in [0.1, 0.15) is 29.8 Å². The zero-order valence-electron chi connectivity index (χ0n) is 13.5. The number of carbonyl (C=O) groups is 2. The maximum absolute atomic E-state index is 12.3. The number of carbonyl (C=O) groups excluding carboxylic acids is 2. The highest BCUT2D eigenvalue weighted by atomic mass is 32.2. The number of sulfone groups is 1. The van der Waals surface area contributed by atoms with Gasteiger partial charge >= 0.3 is 0 Å². The van der Waals surface area contributed by atoms with Gasteiger partial charge in [-0.3, -0.25) is 9.59 Å². The van der Waals surface area contributed by atoms with Gasteiger partial charge in [-0.15, -0.1) is 0 Å². The second-order valence-electron chi connectivity index (χ2n) is 6.46. The molecule has 8 heteroatoms. The molecule has 1 unspecified atom stereocenters. The zero-order valence-corrected chi connectivity index (χ0v) is 14.3. The molecule has 0 saturated carbocycles. The van der Waals surface area contributed by atoms with E-state index in [1.54, 1.807) is 21.9 Å². The minimum absolute atomic E-state index is 0.0457. The van der Waals surface area contributed by atoms with Crippen molar-refractivity contribution < 1.29 is 22.4 Å². The first-order valence-electron chi connectivity index (χ1n) is 8.25. The van der Waals surface area contributed by atoms with Gasteiger partial charge in [-0.2, -0.15) is 0 Å². The molecule has 3 rings (SSSR count). The van der Waals surface area contributed by atoms with Gasteiger partial charge in [-0.25, -0.2) is 8.42 Å². The Bertz CT molecular complexity index is 690. The Labute approximate surface area is 141 Å². The fraction of sp³-hybridized carbons (Fsp3) is 0.625. The molecule has 0 radical (unpaired) electrons. The first kappa shape index (κ1) is 17.0. The largest absolute Gasteiger partial charge is 0.459 e.